The van der Waals surface area contributed by atoms with Gasteiger partial charge in [-0.15, -0.1) is 0 Å². The highest BCUT2D eigenvalue weighted by Gasteiger charge is 2.27. The average Bonchev–Trinajstić information content (AvgIpc) is 2.77. The number of aromatic nitrogens is 2. The number of hydrogen-bond donors (Lipinski definition) is 1. The lowest BCUT2D eigenvalue weighted by atomic mass is 10.1. The molecule has 3 heterocycles. The first-order chi connectivity index (χ1) is 12.1. The van der Waals surface area contributed by atoms with E-state index >= 15 is 0 Å². The van der Waals surface area contributed by atoms with Crippen LogP contribution in [0.1, 0.15) is 48.8 Å². The van der Waals surface area contributed by atoms with Gasteiger partial charge in [0.05, 0.1) is 5.69 Å². The van der Waals surface area contributed by atoms with Crippen molar-refractivity contribution >= 4 is 11.8 Å². The summed E-state index contributed by atoms with van der Waals surface area (Å²) in [6.45, 7) is 8.80. The second kappa shape index (κ2) is 7.99. The zero-order valence-corrected chi connectivity index (χ0v) is 15.3. The molecule has 2 amide bonds. The maximum atomic E-state index is 12.9. The Labute approximate surface area is 149 Å². The Morgan fingerprint density at radius 3 is 2.92 bits per heavy atom. The molecule has 1 aromatic rings. The second-order valence-corrected chi connectivity index (χ2v) is 7.00. The summed E-state index contributed by atoms with van der Waals surface area (Å²) in [5.74, 6) is 0.249. The Morgan fingerprint density at radius 2 is 2.12 bits per heavy atom. The quantitative estimate of drug-likeness (QED) is 0.886. The van der Waals surface area contributed by atoms with Gasteiger partial charge in [-0.2, -0.15) is 5.10 Å². The van der Waals surface area contributed by atoms with Crippen molar-refractivity contribution in [3.05, 3.63) is 17.5 Å². The number of nitrogens with zero attached hydrogens (tertiary/aromatic N) is 4. The van der Waals surface area contributed by atoms with Crippen molar-refractivity contribution in [2.45, 2.75) is 52.1 Å². The first-order valence-corrected chi connectivity index (χ1v) is 9.43. The number of amides is 2. The fourth-order valence-electron chi connectivity index (χ4n) is 3.90. The van der Waals surface area contributed by atoms with E-state index in [0.717, 1.165) is 57.7 Å². The van der Waals surface area contributed by atoms with Gasteiger partial charge in [-0.25, -0.2) is 0 Å². The summed E-state index contributed by atoms with van der Waals surface area (Å²) in [6, 6.07) is 2.33. The van der Waals surface area contributed by atoms with Crippen molar-refractivity contribution < 1.29 is 9.59 Å². The molecule has 1 atom stereocenters. The monoisotopic (exact) mass is 347 g/mol. The fourth-order valence-corrected chi connectivity index (χ4v) is 3.90. The Hall–Kier alpha value is -1.89. The van der Waals surface area contributed by atoms with Crippen LogP contribution in [0.2, 0.25) is 0 Å². The Kier molecular flexibility index (Phi) is 5.73. The molecular formula is C18H29N5O2. The maximum Gasteiger partial charge on any atom is 0.272 e. The number of carbonyl (C=O) groups excluding carboxylic acids is 2. The molecule has 7 heteroatoms. The van der Waals surface area contributed by atoms with Gasteiger partial charge in [-0.05, 0) is 39.2 Å². The van der Waals surface area contributed by atoms with Crippen molar-refractivity contribution in [2.24, 2.45) is 0 Å². The van der Waals surface area contributed by atoms with Gasteiger partial charge in [-0.3, -0.25) is 19.2 Å². The van der Waals surface area contributed by atoms with Gasteiger partial charge in [0.1, 0.15) is 5.69 Å². The van der Waals surface area contributed by atoms with Gasteiger partial charge < -0.3 is 10.2 Å². The normalized spacial score (nSPS) is 23.0. The highest BCUT2D eigenvalue weighted by atomic mass is 16.2. The van der Waals surface area contributed by atoms with E-state index in [0.29, 0.717) is 24.7 Å². The fraction of sp³-hybridized carbons (Fsp3) is 0.722. The summed E-state index contributed by atoms with van der Waals surface area (Å²) in [5.41, 5.74) is 1.58. The standard InChI is InChI=1S/C18H29N5O2/c1-3-23-16(13-14(2)20-23)18(25)22-10-4-9-21(11-12-22)15-5-6-17(24)19-8-7-15/h13,15H,3-12H2,1-2H3,(H,19,24). The van der Waals surface area contributed by atoms with E-state index in [2.05, 4.69) is 15.3 Å². The van der Waals surface area contributed by atoms with Gasteiger partial charge in [0.2, 0.25) is 5.91 Å². The maximum absolute atomic E-state index is 12.9. The first kappa shape index (κ1) is 17.9. The summed E-state index contributed by atoms with van der Waals surface area (Å²) < 4.78 is 1.79. The molecule has 2 aliphatic rings. The van der Waals surface area contributed by atoms with Crippen molar-refractivity contribution in [1.29, 1.82) is 0 Å². The van der Waals surface area contributed by atoms with Crippen molar-refractivity contribution in [1.82, 2.24) is 24.9 Å². The average molecular weight is 347 g/mol. The van der Waals surface area contributed by atoms with E-state index in [-0.39, 0.29) is 11.8 Å². The van der Waals surface area contributed by atoms with Crippen LogP contribution in [-0.2, 0) is 11.3 Å². The second-order valence-electron chi connectivity index (χ2n) is 7.00. The largest absolute Gasteiger partial charge is 0.356 e. The smallest absolute Gasteiger partial charge is 0.272 e. The molecule has 0 radical (unpaired) electrons. The molecule has 0 aliphatic carbocycles. The van der Waals surface area contributed by atoms with E-state index in [4.69, 9.17) is 0 Å². The van der Waals surface area contributed by atoms with E-state index in [1.54, 1.807) is 4.68 Å². The highest BCUT2D eigenvalue weighted by Crippen LogP contribution is 2.17. The predicted octanol–water partition coefficient (Wildman–Crippen LogP) is 1.03. The molecule has 0 spiro atoms. The van der Waals surface area contributed by atoms with Crippen LogP contribution in [0.25, 0.3) is 0 Å². The number of carbonyl (C=O) groups is 2. The number of nitrogens with one attached hydrogen (secondary N) is 1. The molecule has 0 bridgehead atoms. The molecule has 2 saturated heterocycles. The summed E-state index contributed by atoms with van der Waals surface area (Å²) in [6.07, 6.45) is 3.50. The van der Waals surface area contributed by atoms with Gasteiger partial charge in [0, 0.05) is 51.7 Å². The number of aryl methyl sites for hydroxylation is 2. The van der Waals surface area contributed by atoms with Crippen molar-refractivity contribution in [2.75, 3.05) is 32.7 Å². The lowest BCUT2D eigenvalue weighted by Crippen LogP contribution is -2.40. The Bertz CT molecular complexity index is 627. The SMILES string of the molecule is CCn1nc(C)cc1C(=O)N1CCCN(C2CCNC(=O)CC2)CC1. The third-order valence-electron chi connectivity index (χ3n) is 5.26. The minimum Gasteiger partial charge on any atom is -0.356 e. The topological polar surface area (TPSA) is 70.5 Å². The summed E-state index contributed by atoms with van der Waals surface area (Å²) in [7, 11) is 0. The van der Waals surface area contributed by atoms with E-state index in [1.165, 1.54) is 0 Å². The molecule has 25 heavy (non-hydrogen) atoms. The summed E-state index contributed by atoms with van der Waals surface area (Å²) in [4.78, 5) is 28.9. The lowest BCUT2D eigenvalue weighted by Gasteiger charge is -2.29. The van der Waals surface area contributed by atoms with Gasteiger partial charge in [-0.1, -0.05) is 0 Å². The van der Waals surface area contributed by atoms with Crippen LogP contribution in [0, 0.1) is 6.92 Å². The minimum absolute atomic E-state index is 0.0852. The van der Waals surface area contributed by atoms with Gasteiger partial charge in [0.15, 0.2) is 0 Å². The number of rotatable bonds is 3. The zero-order chi connectivity index (χ0) is 17.8. The Balaban J connectivity index is 1.63. The van der Waals surface area contributed by atoms with E-state index < -0.39 is 0 Å². The molecule has 0 aromatic carbocycles. The molecule has 7 nitrogen and oxygen atoms in total. The highest BCUT2D eigenvalue weighted by molar-refractivity contribution is 5.92. The predicted molar refractivity (Wildman–Crippen MR) is 95.4 cm³/mol. The molecular weight excluding hydrogens is 318 g/mol. The molecule has 0 saturated carbocycles. The van der Waals surface area contributed by atoms with Crippen molar-refractivity contribution in [3.8, 4) is 0 Å². The molecule has 1 N–H and O–H groups in total. The van der Waals surface area contributed by atoms with Crippen LogP contribution >= 0.6 is 0 Å². The minimum atomic E-state index is 0.0852. The molecule has 138 valence electrons. The lowest BCUT2D eigenvalue weighted by molar-refractivity contribution is -0.120. The van der Waals surface area contributed by atoms with Crippen LogP contribution in [0.3, 0.4) is 0 Å². The third kappa shape index (κ3) is 4.21. The van der Waals surface area contributed by atoms with Crippen LogP contribution < -0.4 is 5.32 Å². The third-order valence-corrected chi connectivity index (χ3v) is 5.26. The molecule has 3 rings (SSSR count). The van der Waals surface area contributed by atoms with Crippen molar-refractivity contribution in [3.63, 3.8) is 0 Å². The summed E-state index contributed by atoms with van der Waals surface area (Å²) >= 11 is 0. The first-order valence-electron chi connectivity index (χ1n) is 9.43. The molecule has 1 aromatic heterocycles. The summed E-state index contributed by atoms with van der Waals surface area (Å²) in [5, 5.41) is 7.35. The van der Waals surface area contributed by atoms with Gasteiger partial charge in [0.25, 0.3) is 5.91 Å². The van der Waals surface area contributed by atoms with Gasteiger partial charge >= 0.3 is 0 Å². The van der Waals surface area contributed by atoms with E-state index in [1.807, 2.05) is 24.8 Å². The van der Waals surface area contributed by atoms with E-state index in [9.17, 15) is 9.59 Å². The van der Waals surface area contributed by atoms with Crippen LogP contribution in [0.4, 0.5) is 0 Å². The zero-order valence-electron chi connectivity index (χ0n) is 15.3. The van der Waals surface area contributed by atoms with Crippen LogP contribution in [-0.4, -0.2) is 70.2 Å². The molecule has 2 aliphatic heterocycles. The van der Waals surface area contributed by atoms with Crippen LogP contribution in [0.5, 0.6) is 0 Å². The molecule has 2 fully saturated rings. The Morgan fingerprint density at radius 1 is 1.28 bits per heavy atom. The van der Waals surface area contributed by atoms with Crippen LogP contribution in [0.15, 0.2) is 6.07 Å². The molecule has 1 unspecified atom stereocenters. The number of hydrogen-bond acceptors (Lipinski definition) is 4.